The van der Waals surface area contributed by atoms with Gasteiger partial charge in [-0.15, -0.1) is 0 Å². The summed E-state index contributed by atoms with van der Waals surface area (Å²) in [5.41, 5.74) is 6.94. The molecule has 0 saturated heterocycles. The minimum atomic E-state index is -1.01. The number of anilines is 1. The van der Waals surface area contributed by atoms with E-state index in [1.165, 1.54) is 6.07 Å². The van der Waals surface area contributed by atoms with E-state index >= 15 is 0 Å². The van der Waals surface area contributed by atoms with E-state index in [1.54, 1.807) is 12.1 Å². The Hall–Kier alpha value is -1.58. The van der Waals surface area contributed by atoms with Crippen LogP contribution < -0.4 is 5.73 Å². The van der Waals surface area contributed by atoms with E-state index in [0.29, 0.717) is 5.69 Å². The van der Waals surface area contributed by atoms with Crippen molar-refractivity contribution in [3.63, 3.8) is 0 Å². The minimum Gasteiger partial charge on any atom is -0.399 e. The molecule has 2 N–H and O–H groups in total. The Kier molecular flexibility index (Phi) is 2.84. The van der Waals surface area contributed by atoms with Crippen molar-refractivity contribution >= 4 is 11.7 Å². The molecule has 13 heavy (non-hydrogen) atoms. The smallest absolute Gasteiger partial charge is 0.379 e. The summed E-state index contributed by atoms with van der Waals surface area (Å²) in [6, 6.07) is 4.66. The number of carbonyl (C=O) groups excluding carboxylic acids is 1. The van der Waals surface area contributed by atoms with Crippen LogP contribution in [-0.2, 0) is 11.4 Å². The van der Waals surface area contributed by atoms with Crippen molar-refractivity contribution in [2.45, 2.75) is 13.3 Å². The van der Waals surface area contributed by atoms with Crippen molar-refractivity contribution in [1.82, 2.24) is 0 Å². The summed E-state index contributed by atoms with van der Waals surface area (Å²) in [4.78, 5) is 13.9. The molecule has 4 heteroatoms. The third kappa shape index (κ3) is 2.18. The summed E-state index contributed by atoms with van der Waals surface area (Å²) in [6.07, 6.45) is 0.734. The summed E-state index contributed by atoms with van der Waals surface area (Å²) in [5, 5.41) is 0. The lowest BCUT2D eigenvalue weighted by Gasteiger charge is -2.01. The van der Waals surface area contributed by atoms with Gasteiger partial charge >= 0.3 is 5.97 Å². The highest BCUT2D eigenvalue weighted by Crippen LogP contribution is 2.13. The van der Waals surface area contributed by atoms with Crippen molar-refractivity contribution in [3.05, 3.63) is 29.3 Å². The number of benzene rings is 1. The second-order valence-corrected chi connectivity index (χ2v) is 2.68. The molecule has 0 aliphatic carbocycles. The monoisotopic (exact) mass is 183 g/mol. The second kappa shape index (κ2) is 3.89. The predicted molar refractivity (Wildman–Crippen MR) is 46.8 cm³/mol. The maximum Gasteiger partial charge on any atom is 0.379 e. The number of carbonyl (C=O) groups is 1. The maximum absolute atomic E-state index is 11.5. The first-order chi connectivity index (χ1) is 6.17. The summed E-state index contributed by atoms with van der Waals surface area (Å²) in [6.45, 7) is 1.92. The van der Waals surface area contributed by atoms with E-state index in [4.69, 9.17) is 5.73 Å². The molecule has 0 aliphatic heterocycles. The molecule has 0 bridgehead atoms. The number of aryl methyl sites for hydroxylation is 1. The molecule has 0 aromatic heterocycles. The number of nitrogen functional groups attached to an aromatic ring is 1. The van der Waals surface area contributed by atoms with E-state index in [1.807, 2.05) is 6.92 Å². The molecule has 0 fully saturated rings. The Bertz CT molecular complexity index is 325. The predicted octanol–water partition coefficient (Wildman–Crippen LogP) is 1.87. The zero-order valence-corrected chi connectivity index (χ0v) is 7.21. The molecule has 0 heterocycles. The molecule has 0 spiro atoms. The average Bonchev–Trinajstić information content (AvgIpc) is 2.15. The molecule has 1 aromatic carbocycles. The van der Waals surface area contributed by atoms with Gasteiger partial charge in [0.15, 0.2) is 0 Å². The fourth-order valence-corrected chi connectivity index (χ4v) is 1.08. The van der Waals surface area contributed by atoms with Crippen LogP contribution in [0.2, 0.25) is 0 Å². The first-order valence-corrected chi connectivity index (χ1v) is 3.89. The van der Waals surface area contributed by atoms with Gasteiger partial charge in [-0.1, -0.05) is 6.92 Å². The van der Waals surface area contributed by atoms with E-state index in [2.05, 4.69) is 4.94 Å². The van der Waals surface area contributed by atoms with Crippen LogP contribution in [0.25, 0.3) is 0 Å². The van der Waals surface area contributed by atoms with E-state index in [9.17, 15) is 9.32 Å². The molecule has 70 valence electrons. The second-order valence-electron chi connectivity index (χ2n) is 2.68. The zero-order valence-electron chi connectivity index (χ0n) is 7.21. The summed E-state index contributed by atoms with van der Waals surface area (Å²) in [7, 11) is 0. The molecule has 0 saturated carbocycles. The van der Waals surface area contributed by atoms with E-state index < -0.39 is 5.97 Å². The Morgan fingerprint density at radius 3 is 2.77 bits per heavy atom. The fourth-order valence-electron chi connectivity index (χ4n) is 1.08. The number of nitrogens with two attached hydrogens (primary N) is 1. The van der Waals surface area contributed by atoms with Crippen LogP contribution in [0.3, 0.4) is 0 Å². The quantitative estimate of drug-likeness (QED) is 0.712. The SMILES string of the molecule is CCc1cc(N)cc(C(=O)OF)c1. The van der Waals surface area contributed by atoms with Crippen LogP contribution in [0.5, 0.6) is 0 Å². The number of halogens is 1. The van der Waals surface area contributed by atoms with Gasteiger partial charge in [-0.25, -0.2) is 9.74 Å². The zero-order chi connectivity index (χ0) is 9.84. The molecule has 1 rings (SSSR count). The topological polar surface area (TPSA) is 52.3 Å². The summed E-state index contributed by atoms with van der Waals surface area (Å²) in [5.74, 6) is -1.01. The fraction of sp³-hybridized carbons (Fsp3) is 0.222. The molecular formula is C9H10FNO2. The van der Waals surface area contributed by atoms with Gasteiger partial charge in [0.25, 0.3) is 0 Å². The first-order valence-electron chi connectivity index (χ1n) is 3.89. The summed E-state index contributed by atoms with van der Waals surface area (Å²) < 4.78 is 11.5. The van der Waals surface area contributed by atoms with E-state index in [0.717, 1.165) is 12.0 Å². The third-order valence-electron chi connectivity index (χ3n) is 1.73. The van der Waals surface area contributed by atoms with Crippen molar-refractivity contribution in [2.24, 2.45) is 0 Å². The van der Waals surface area contributed by atoms with Crippen molar-refractivity contribution in [1.29, 1.82) is 0 Å². The number of hydrogen-bond donors (Lipinski definition) is 1. The molecule has 0 atom stereocenters. The van der Waals surface area contributed by atoms with Crippen LogP contribution in [0.4, 0.5) is 10.2 Å². The third-order valence-corrected chi connectivity index (χ3v) is 1.73. The van der Waals surface area contributed by atoms with Crippen LogP contribution in [0.15, 0.2) is 18.2 Å². The van der Waals surface area contributed by atoms with Gasteiger partial charge in [0.2, 0.25) is 0 Å². The molecule has 1 aromatic rings. The van der Waals surface area contributed by atoms with E-state index in [-0.39, 0.29) is 5.56 Å². The normalized spacial score (nSPS) is 9.69. The largest absolute Gasteiger partial charge is 0.399 e. The van der Waals surface area contributed by atoms with Gasteiger partial charge in [-0.05, 0) is 30.2 Å². The number of rotatable bonds is 2. The Morgan fingerprint density at radius 2 is 2.23 bits per heavy atom. The maximum atomic E-state index is 11.5. The minimum absolute atomic E-state index is 0.138. The van der Waals surface area contributed by atoms with Crippen molar-refractivity contribution < 1.29 is 14.3 Å². The molecule has 0 amide bonds. The van der Waals surface area contributed by atoms with Gasteiger partial charge in [-0.2, -0.15) is 0 Å². The van der Waals surface area contributed by atoms with Gasteiger partial charge in [0.1, 0.15) is 0 Å². The molecule has 3 nitrogen and oxygen atoms in total. The first kappa shape index (κ1) is 9.51. The van der Waals surface area contributed by atoms with Gasteiger partial charge in [0.05, 0.1) is 5.56 Å². The van der Waals surface area contributed by atoms with Crippen LogP contribution in [0, 0.1) is 0 Å². The Labute approximate surface area is 75.2 Å². The molecular weight excluding hydrogens is 173 g/mol. The average molecular weight is 183 g/mol. The lowest BCUT2D eigenvalue weighted by molar-refractivity contribution is -0.0788. The number of hydrogen-bond acceptors (Lipinski definition) is 3. The Morgan fingerprint density at radius 1 is 1.54 bits per heavy atom. The van der Waals surface area contributed by atoms with Crippen LogP contribution >= 0.6 is 0 Å². The lowest BCUT2D eigenvalue weighted by atomic mass is 10.1. The van der Waals surface area contributed by atoms with Crippen LogP contribution in [-0.4, -0.2) is 5.97 Å². The van der Waals surface area contributed by atoms with Crippen molar-refractivity contribution in [2.75, 3.05) is 5.73 Å². The van der Waals surface area contributed by atoms with Gasteiger partial charge in [-0.3, -0.25) is 0 Å². The summed E-state index contributed by atoms with van der Waals surface area (Å²) >= 11 is 0. The van der Waals surface area contributed by atoms with Gasteiger partial charge in [0, 0.05) is 10.2 Å². The van der Waals surface area contributed by atoms with Gasteiger partial charge < -0.3 is 5.73 Å². The Balaban J connectivity index is 3.08. The highest BCUT2D eigenvalue weighted by atomic mass is 19.3. The van der Waals surface area contributed by atoms with Crippen molar-refractivity contribution in [3.8, 4) is 0 Å². The molecule has 0 aliphatic rings. The highest BCUT2D eigenvalue weighted by Gasteiger charge is 2.08. The highest BCUT2D eigenvalue weighted by molar-refractivity contribution is 5.90. The van der Waals surface area contributed by atoms with Crippen LogP contribution in [0.1, 0.15) is 22.8 Å². The lowest BCUT2D eigenvalue weighted by Crippen LogP contribution is -2.01. The molecule has 0 radical (unpaired) electrons. The molecule has 0 unspecified atom stereocenters. The standard InChI is InChI=1S/C9H10FNO2/c1-2-6-3-7(9(12)13-10)5-8(11)4-6/h3-5H,2,11H2,1H3.